The van der Waals surface area contributed by atoms with Crippen LogP contribution in [0.25, 0.3) is 0 Å². The van der Waals surface area contributed by atoms with Gasteiger partial charge < -0.3 is 5.32 Å². The predicted octanol–water partition coefficient (Wildman–Crippen LogP) is 2.53. The van der Waals surface area contributed by atoms with Crippen LogP contribution in [-0.2, 0) is 9.59 Å². The Morgan fingerprint density at radius 1 is 1.26 bits per heavy atom. The number of hydrogen-bond donors (Lipinski definition) is 1. The Morgan fingerprint density at radius 2 is 2.11 bits per heavy atom. The van der Waals surface area contributed by atoms with Gasteiger partial charge in [0.05, 0.1) is 6.04 Å². The lowest BCUT2D eigenvalue weighted by atomic mass is 9.77. The maximum Gasteiger partial charge on any atom is 0.244 e. The molecule has 2 unspecified atom stereocenters. The van der Waals surface area contributed by atoms with E-state index in [1.807, 2.05) is 6.08 Å². The number of allylic oxidation sites excluding steroid dienone is 1. The van der Waals surface area contributed by atoms with Gasteiger partial charge in [-0.1, -0.05) is 43.4 Å². The van der Waals surface area contributed by atoms with Crippen molar-refractivity contribution in [2.24, 2.45) is 11.8 Å². The summed E-state index contributed by atoms with van der Waals surface area (Å²) in [6.45, 7) is 0. The first-order chi connectivity index (χ1) is 9.24. The van der Waals surface area contributed by atoms with Crippen molar-refractivity contribution < 1.29 is 9.59 Å². The fraction of sp³-hybridized carbons (Fsp3) is 0.625. The highest BCUT2D eigenvalue weighted by atomic mass is 16.2. The van der Waals surface area contributed by atoms with Crippen molar-refractivity contribution in [1.29, 1.82) is 0 Å². The second-order valence-electron chi connectivity index (χ2n) is 6.02. The number of Topliss-reactive ketones (excluding diaryl/α,β-unsaturated/α-hetero) is 1. The van der Waals surface area contributed by atoms with Gasteiger partial charge in [-0.15, -0.1) is 0 Å². The molecule has 1 heterocycles. The van der Waals surface area contributed by atoms with E-state index in [-0.39, 0.29) is 23.7 Å². The Labute approximate surface area is 114 Å². The molecule has 0 aromatic carbocycles. The normalized spacial score (nSPS) is 30.4. The SMILES string of the molecule is O=C1C=C(CCCC2CCC2)C2C=CCC(=O)C2N1. The molecule has 2 aliphatic carbocycles. The number of rotatable bonds is 4. The summed E-state index contributed by atoms with van der Waals surface area (Å²) in [5.74, 6) is 1.08. The molecule has 0 aromatic heterocycles. The average Bonchev–Trinajstić information content (AvgIpc) is 2.33. The Balaban J connectivity index is 1.64. The third kappa shape index (κ3) is 2.65. The number of fused-ring (bicyclic) bond motifs is 1. The van der Waals surface area contributed by atoms with E-state index in [2.05, 4.69) is 11.4 Å². The molecular weight excluding hydrogens is 238 g/mol. The van der Waals surface area contributed by atoms with Crippen LogP contribution in [0.3, 0.4) is 0 Å². The topological polar surface area (TPSA) is 46.2 Å². The zero-order chi connectivity index (χ0) is 13.2. The number of carbonyl (C=O) groups excluding carboxylic acids is 2. The fourth-order valence-electron chi connectivity index (χ4n) is 3.35. The van der Waals surface area contributed by atoms with Gasteiger partial charge in [0.15, 0.2) is 5.78 Å². The summed E-state index contributed by atoms with van der Waals surface area (Å²) in [5, 5.41) is 2.80. The fourth-order valence-corrected chi connectivity index (χ4v) is 3.35. The van der Waals surface area contributed by atoms with E-state index < -0.39 is 0 Å². The summed E-state index contributed by atoms with van der Waals surface area (Å²) in [7, 11) is 0. The van der Waals surface area contributed by atoms with Gasteiger partial charge in [0.2, 0.25) is 5.91 Å². The Morgan fingerprint density at radius 3 is 2.84 bits per heavy atom. The smallest absolute Gasteiger partial charge is 0.244 e. The van der Waals surface area contributed by atoms with E-state index in [1.165, 1.54) is 25.7 Å². The molecule has 3 aliphatic rings. The Kier molecular flexibility index (Phi) is 3.54. The largest absolute Gasteiger partial charge is 0.342 e. The number of amides is 1. The molecule has 1 aliphatic heterocycles. The lowest BCUT2D eigenvalue weighted by Crippen LogP contribution is -2.49. The lowest BCUT2D eigenvalue weighted by molar-refractivity contribution is -0.126. The Bertz CT molecular complexity index is 446. The number of carbonyl (C=O) groups is 2. The quantitative estimate of drug-likeness (QED) is 0.789. The van der Waals surface area contributed by atoms with Gasteiger partial charge in [0, 0.05) is 18.4 Å². The minimum atomic E-state index is -0.304. The minimum Gasteiger partial charge on any atom is -0.342 e. The van der Waals surface area contributed by atoms with Crippen LogP contribution in [0.2, 0.25) is 0 Å². The van der Waals surface area contributed by atoms with Crippen LogP contribution in [0.1, 0.15) is 44.9 Å². The first-order valence-electron chi connectivity index (χ1n) is 7.44. The first-order valence-corrected chi connectivity index (χ1v) is 7.44. The van der Waals surface area contributed by atoms with Gasteiger partial charge in [-0.2, -0.15) is 0 Å². The molecule has 102 valence electrons. The second-order valence-corrected chi connectivity index (χ2v) is 6.02. The molecule has 3 rings (SSSR count). The molecule has 0 radical (unpaired) electrons. The first kappa shape index (κ1) is 12.6. The van der Waals surface area contributed by atoms with E-state index >= 15 is 0 Å². The van der Waals surface area contributed by atoms with E-state index in [1.54, 1.807) is 6.08 Å². The van der Waals surface area contributed by atoms with E-state index in [0.29, 0.717) is 6.42 Å². The van der Waals surface area contributed by atoms with Gasteiger partial charge in [0.1, 0.15) is 0 Å². The average molecular weight is 259 g/mol. The maximum atomic E-state index is 11.9. The van der Waals surface area contributed by atoms with Crippen molar-refractivity contribution in [2.45, 2.75) is 51.0 Å². The molecule has 1 amide bonds. The van der Waals surface area contributed by atoms with E-state index in [9.17, 15) is 9.59 Å². The lowest BCUT2D eigenvalue weighted by Gasteiger charge is -2.33. The molecule has 1 saturated carbocycles. The summed E-state index contributed by atoms with van der Waals surface area (Å²) in [5.41, 5.74) is 1.15. The van der Waals surface area contributed by atoms with Crippen molar-refractivity contribution in [2.75, 3.05) is 0 Å². The third-order valence-electron chi connectivity index (χ3n) is 4.71. The molecule has 0 aromatic rings. The number of ketones is 1. The van der Waals surface area contributed by atoms with Crippen LogP contribution in [-0.4, -0.2) is 17.7 Å². The van der Waals surface area contributed by atoms with Crippen LogP contribution >= 0.6 is 0 Å². The molecule has 0 saturated heterocycles. The van der Waals surface area contributed by atoms with Gasteiger partial charge in [-0.05, 0) is 18.8 Å². The highest BCUT2D eigenvalue weighted by Gasteiger charge is 2.35. The number of hydrogen-bond acceptors (Lipinski definition) is 2. The van der Waals surface area contributed by atoms with Crippen LogP contribution in [0.4, 0.5) is 0 Å². The molecule has 3 heteroatoms. The van der Waals surface area contributed by atoms with Crippen molar-refractivity contribution in [1.82, 2.24) is 5.32 Å². The predicted molar refractivity (Wildman–Crippen MR) is 73.5 cm³/mol. The zero-order valence-corrected chi connectivity index (χ0v) is 11.2. The van der Waals surface area contributed by atoms with Crippen molar-refractivity contribution >= 4 is 11.7 Å². The highest BCUT2D eigenvalue weighted by Crippen LogP contribution is 2.34. The minimum absolute atomic E-state index is 0.0939. The van der Waals surface area contributed by atoms with Gasteiger partial charge >= 0.3 is 0 Å². The van der Waals surface area contributed by atoms with Crippen molar-refractivity contribution in [3.63, 3.8) is 0 Å². The molecule has 1 fully saturated rings. The monoisotopic (exact) mass is 259 g/mol. The van der Waals surface area contributed by atoms with Gasteiger partial charge in [-0.3, -0.25) is 9.59 Å². The molecule has 2 atom stereocenters. The van der Waals surface area contributed by atoms with Crippen LogP contribution in [0.15, 0.2) is 23.8 Å². The van der Waals surface area contributed by atoms with Crippen LogP contribution in [0.5, 0.6) is 0 Å². The van der Waals surface area contributed by atoms with Gasteiger partial charge in [0.25, 0.3) is 0 Å². The molecule has 1 N–H and O–H groups in total. The zero-order valence-electron chi connectivity index (χ0n) is 11.2. The summed E-state index contributed by atoms with van der Waals surface area (Å²) < 4.78 is 0. The van der Waals surface area contributed by atoms with E-state index in [4.69, 9.17) is 0 Å². The van der Waals surface area contributed by atoms with E-state index in [0.717, 1.165) is 24.3 Å². The summed E-state index contributed by atoms with van der Waals surface area (Å²) >= 11 is 0. The van der Waals surface area contributed by atoms with Crippen LogP contribution < -0.4 is 5.32 Å². The molecule has 0 spiro atoms. The number of nitrogens with one attached hydrogen (secondary N) is 1. The summed E-state index contributed by atoms with van der Waals surface area (Å²) in [4.78, 5) is 23.5. The van der Waals surface area contributed by atoms with Gasteiger partial charge in [-0.25, -0.2) is 0 Å². The molecular formula is C16H21NO2. The molecule has 19 heavy (non-hydrogen) atoms. The van der Waals surface area contributed by atoms with Crippen molar-refractivity contribution in [3.05, 3.63) is 23.8 Å². The van der Waals surface area contributed by atoms with Crippen molar-refractivity contribution in [3.8, 4) is 0 Å². The second kappa shape index (κ2) is 5.32. The third-order valence-corrected chi connectivity index (χ3v) is 4.71. The molecule has 0 bridgehead atoms. The molecule has 3 nitrogen and oxygen atoms in total. The standard InChI is InChI=1S/C16H21NO2/c18-14-9-3-8-13-12(10-15(19)17-16(13)14)7-2-6-11-4-1-5-11/h3,8,10-11,13,16H,1-2,4-7,9H2,(H,17,19). The summed E-state index contributed by atoms with van der Waals surface area (Å²) in [6.07, 6.45) is 13.7. The summed E-state index contributed by atoms with van der Waals surface area (Å²) in [6, 6.07) is -0.304. The maximum absolute atomic E-state index is 11.9. The highest BCUT2D eigenvalue weighted by molar-refractivity contribution is 5.97. The van der Waals surface area contributed by atoms with Crippen LogP contribution in [0, 0.1) is 11.8 Å². The Hall–Kier alpha value is -1.38.